The molecule has 0 aliphatic heterocycles. The van der Waals surface area contributed by atoms with Gasteiger partial charge in [0.25, 0.3) is 5.24 Å². The zero-order valence-corrected chi connectivity index (χ0v) is 12.9. The van der Waals surface area contributed by atoms with E-state index in [4.69, 9.17) is 16.3 Å². The van der Waals surface area contributed by atoms with Gasteiger partial charge >= 0.3 is 5.97 Å². The molecule has 0 saturated carbocycles. The molecule has 1 aromatic heterocycles. The van der Waals surface area contributed by atoms with Gasteiger partial charge in [-0.2, -0.15) is 0 Å². The second-order valence-corrected chi connectivity index (χ2v) is 4.73. The largest absolute Gasteiger partial charge is 0.465 e. The monoisotopic (exact) mass is 319 g/mol. The van der Waals surface area contributed by atoms with Crippen molar-refractivity contribution >= 4 is 22.8 Å². The van der Waals surface area contributed by atoms with Gasteiger partial charge in [-0.05, 0) is 42.3 Å². The lowest BCUT2D eigenvalue weighted by Gasteiger charge is -2.11. The summed E-state index contributed by atoms with van der Waals surface area (Å²) in [6, 6.07) is 8.06. The summed E-state index contributed by atoms with van der Waals surface area (Å²) in [5.74, 6) is 0.249. The number of aromatic nitrogens is 1. The lowest BCUT2D eigenvalue weighted by molar-refractivity contribution is 0.0600. The van der Waals surface area contributed by atoms with E-state index in [9.17, 15) is 9.59 Å². The van der Waals surface area contributed by atoms with Gasteiger partial charge in [-0.3, -0.25) is 4.79 Å². The Labute approximate surface area is 132 Å². The van der Waals surface area contributed by atoms with Crippen molar-refractivity contribution in [2.75, 3.05) is 7.11 Å². The van der Waals surface area contributed by atoms with E-state index in [0.717, 1.165) is 0 Å². The van der Waals surface area contributed by atoms with E-state index in [1.807, 2.05) is 6.92 Å². The Balaban J connectivity index is 2.37. The van der Waals surface area contributed by atoms with Crippen LogP contribution in [0.1, 0.15) is 33.2 Å². The summed E-state index contributed by atoms with van der Waals surface area (Å²) in [6.45, 7) is 1.87. The van der Waals surface area contributed by atoms with E-state index in [2.05, 4.69) is 9.72 Å². The lowest BCUT2D eigenvalue weighted by atomic mass is 10.1. The van der Waals surface area contributed by atoms with E-state index in [1.54, 1.807) is 30.3 Å². The maximum atomic E-state index is 11.5. The molecule has 0 aliphatic rings. The number of hydrogen-bond acceptors (Lipinski definition) is 5. The molecule has 0 fully saturated rings. The molecular formula is C16H14ClNO4. The fourth-order valence-corrected chi connectivity index (χ4v) is 2.18. The first-order valence-corrected chi connectivity index (χ1v) is 6.98. The zero-order chi connectivity index (χ0) is 16.1. The Bertz CT molecular complexity index is 715. The number of carbonyl (C=O) groups is 2. The first-order valence-electron chi connectivity index (χ1n) is 6.60. The number of esters is 1. The maximum absolute atomic E-state index is 11.5. The van der Waals surface area contributed by atoms with Gasteiger partial charge < -0.3 is 9.47 Å². The van der Waals surface area contributed by atoms with Crippen molar-refractivity contribution < 1.29 is 19.1 Å². The predicted octanol–water partition coefficient (Wildman–Crippen LogP) is 3.60. The van der Waals surface area contributed by atoms with Crippen molar-refractivity contribution in [3.8, 4) is 11.6 Å². The van der Waals surface area contributed by atoms with Crippen LogP contribution in [0.4, 0.5) is 0 Å². The first-order chi connectivity index (χ1) is 10.6. The molecule has 0 saturated heterocycles. The van der Waals surface area contributed by atoms with E-state index in [0.29, 0.717) is 28.9 Å². The number of nitrogens with zero attached hydrogens (tertiary/aromatic N) is 1. The molecule has 0 radical (unpaired) electrons. The molecule has 0 bridgehead atoms. The summed E-state index contributed by atoms with van der Waals surface area (Å²) >= 11 is 5.56. The minimum atomic E-state index is -0.563. The zero-order valence-electron chi connectivity index (χ0n) is 12.1. The molecule has 0 amide bonds. The highest BCUT2D eigenvalue weighted by molar-refractivity contribution is 6.67. The lowest BCUT2D eigenvalue weighted by Crippen LogP contribution is -2.03. The third-order valence-electron chi connectivity index (χ3n) is 3.05. The van der Waals surface area contributed by atoms with Gasteiger partial charge in [0.15, 0.2) is 0 Å². The number of methoxy groups -OCH3 is 1. The van der Waals surface area contributed by atoms with Gasteiger partial charge in [-0.25, -0.2) is 9.78 Å². The Morgan fingerprint density at radius 2 is 2.05 bits per heavy atom. The molecule has 5 nitrogen and oxygen atoms in total. The van der Waals surface area contributed by atoms with Gasteiger partial charge in [0.1, 0.15) is 5.75 Å². The second-order valence-electron chi connectivity index (χ2n) is 4.39. The van der Waals surface area contributed by atoms with Crippen LogP contribution in [0.5, 0.6) is 11.6 Å². The van der Waals surface area contributed by atoms with Crippen LogP contribution in [-0.2, 0) is 11.2 Å². The van der Waals surface area contributed by atoms with Gasteiger partial charge in [0.2, 0.25) is 5.88 Å². The van der Waals surface area contributed by atoms with Gasteiger partial charge in [0.05, 0.1) is 12.7 Å². The van der Waals surface area contributed by atoms with Crippen LogP contribution in [0, 0.1) is 0 Å². The van der Waals surface area contributed by atoms with Crippen LogP contribution in [0.2, 0.25) is 0 Å². The van der Waals surface area contributed by atoms with Crippen LogP contribution in [0.15, 0.2) is 36.5 Å². The molecule has 2 aromatic rings. The summed E-state index contributed by atoms with van der Waals surface area (Å²) in [6.07, 6.45) is 1.99. The van der Waals surface area contributed by atoms with Crippen LogP contribution in [0.25, 0.3) is 0 Å². The normalized spacial score (nSPS) is 10.1. The molecule has 1 heterocycles. The second kappa shape index (κ2) is 7.04. The number of benzene rings is 1. The molecule has 6 heteroatoms. The van der Waals surface area contributed by atoms with Crippen LogP contribution >= 0.6 is 11.6 Å². The molecular weight excluding hydrogens is 306 g/mol. The van der Waals surface area contributed by atoms with E-state index in [-0.39, 0.29) is 5.88 Å². The summed E-state index contributed by atoms with van der Waals surface area (Å²) < 4.78 is 10.4. The van der Waals surface area contributed by atoms with E-state index >= 15 is 0 Å². The number of rotatable bonds is 5. The molecule has 0 atom stereocenters. The third-order valence-corrected chi connectivity index (χ3v) is 3.25. The fourth-order valence-electron chi connectivity index (χ4n) is 2.00. The Morgan fingerprint density at radius 3 is 2.68 bits per heavy atom. The number of halogens is 1. The van der Waals surface area contributed by atoms with Crippen molar-refractivity contribution in [2.24, 2.45) is 0 Å². The van der Waals surface area contributed by atoms with E-state index in [1.165, 1.54) is 13.3 Å². The standard InChI is InChI=1S/C16H14ClNO4/c1-3-12-13(14(17)19)7-8-18-15(12)22-11-6-4-5-10(9-11)16(20)21-2/h4-9H,3H2,1-2H3. The van der Waals surface area contributed by atoms with Gasteiger partial charge in [-0.1, -0.05) is 13.0 Å². The highest BCUT2D eigenvalue weighted by Gasteiger charge is 2.15. The summed E-state index contributed by atoms with van der Waals surface area (Å²) in [5.41, 5.74) is 1.34. The molecule has 0 unspecified atom stereocenters. The minimum absolute atomic E-state index is 0.288. The molecule has 0 spiro atoms. The summed E-state index contributed by atoms with van der Waals surface area (Å²) in [7, 11) is 1.31. The Morgan fingerprint density at radius 1 is 1.27 bits per heavy atom. The van der Waals surface area contributed by atoms with Crippen molar-refractivity contribution in [1.82, 2.24) is 4.98 Å². The molecule has 0 N–H and O–H groups in total. The predicted molar refractivity (Wildman–Crippen MR) is 81.7 cm³/mol. The Kier molecular flexibility index (Phi) is 5.12. The number of hydrogen-bond donors (Lipinski definition) is 0. The fraction of sp³-hybridized carbons (Fsp3) is 0.188. The van der Waals surface area contributed by atoms with Crippen molar-refractivity contribution in [1.29, 1.82) is 0 Å². The highest BCUT2D eigenvalue weighted by atomic mass is 35.5. The highest BCUT2D eigenvalue weighted by Crippen LogP contribution is 2.27. The van der Waals surface area contributed by atoms with E-state index < -0.39 is 11.2 Å². The summed E-state index contributed by atoms with van der Waals surface area (Å²) in [5, 5.41) is -0.563. The molecule has 1 aromatic carbocycles. The molecule has 2 rings (SSSR count). The third kappa shape index (κ3) is 3.43. The smallest absolute Gasteiger partial charge is 0.337 e. The topological polar surface area (TPSA) is 65.5 Å². The molecule has 0 aliphatic carbocycles. The first kappa shape index (κ1) is 16.0. The number of pyridine rings is 1. The van der Waals surface area contributed by atoms with Crippen molar-refractivity contribution in [3.05, 3.63) is 53.2 Å². The van der Waals surface area contributed by atoms with Crippen molar-refractivity contribution in [3.63, 3.8) is 0 Å². The van der Waals surface area contributed by atoms with Gasteiger partial charge in [-0.15, -0.1) is 0 Å². The average Bonchev–Trinajstić information content (AvgIpc) is 2.54. The minimum Gasteiger partial charge on any atom is -0.465 e. The Hall–Kier alpha value is -2.40. The quantitative estimate of drug-likeness (QED) is 0.622. The number of ether oxygens (including phenoxy) is 2. The molecule has 114 valence electrons. The van der Waals surface area contributed by atoms with Gasteiger partial charge in [0, 0.05) is 17.3 Å². The van der Waals surface area contributed by atoms with Crippen LogP contribution < -0.4 is 4.74 Å². The summed E-state index contributed by atoms with van der Waals surface area (Å²) in [4.78, 5) is 27.1. The maximum Gasteiger partial charge on any atom is 0.337 e. The van der Waals surface area contributed by atoms with Crippen LogP contribution in [-0.4, -0.2) is 23.3 Å². The number of carbonyl (C=O) groups excluding carboxylic acids is 2. The van der Waals surface area contributed by atoms with Crippen LogP contribution in [0.3, 0.4) is 0 Å². The average molecular weight is 320 g/mol. The van der Waals surface area contributed by atoms with Crippen molar-refractivity contribution in [2.45, 2.75) is 13.3 Å². The SMILES string of the molecule is CCc1c(C(=O)Cl)ccnc1Oc1cccc(C(=O)OC)c1. The molecule has 22 heavy (non-hydrogen) atoms.